The van der Waals surface area contributed by atoms with E-state index in [-0.39, 0.29) is 17.4 Å². The molecule has 0 spiro atoms. The highest BCUT2D eigenvalue weighted by atomic mass is 32.2. The molecule has 0 atom stereocenters. The van der Waals surface area contributed by atoms with Crippen molar-refractivity contribution in [2.45, 2.75) is 31.1 Å². The third kappa shape index (κ3) is 3.48. The van der Waals surface area contributed by atoms with Gasteiger partial charge in [-0.15, -0.1) is 11.8 Å². The fraction of sp³-hybridized carbons (Fsp3) is 0.294. The SMILES string of the molecule is Cc1ccc(C)c(SCc2cc([N+](=O)[O-])cc3c2OCOC3)c1. The summed E-state index contributed by atoms with van der Waals surface area (Å²) in [4.78, 5) is 11.9. The molecule has 0 amide bonds. The van der Waals surface area contributed by atoms with Crippen molar-refractivity contribution in [3.8, 4) is 5.75 Å². The van der Waals surface area contributed by atoms with Crippen LogP contribution in [0.15, 0.2) is 35.2 Å². The molecule has 0 aromatic heterocycles. The fourth-order valence-corrected chi connectivity index (χ4v) is 3.60. The largest absolute Gasteiger partial charge is 0.467 e. The summed E-state index contributed by atoms with van der Waals surface area (Å²) in [7, 11) is 0. The van der Waals surface area contributed by atoms with E-state index < -0.39 is 0 Å². The first-order chi connectivity index (χ1) is 11.0. The van der Waals surface area contributed by atoms with E-state index in [0.717, 1.165) is 16.9 Å². The highest BCUT2D eigenvalue weighted by molar-refractivity contribution is 7.98. The number of nitrogens with zero attached hydrogens (tertiary/aromatic N) is 1. The number of aryl methyl sites for hydroxylation is 2. The van der Waals surface area contributed by atoms with Gasteiger partial charge in [-0.3, -0.25) is 10.1 Å². The lowest BCUT2D eigenvalue weighted by atomic mass is 10.1. The van der Waals surface area contributed by atoms with Crippen LogP contribution in [-0.4, -0.2) is 11.7 Å². The number of benzene rings is 2. The van der Waals surface area contributed by atoms with Crippen LogP contribution in [0.3, 0.4) is 0 Å². The van der Waals surface area contributed by atoms with Crippen LogP contribution in [0.5, 0.6) is 5.75 Å². The first-order valence-electron chi connectivity index (χ1n) is 7.25. The molecule has 0 N–H and O–H groups in total. The third-order valence-electron chi connectivity index (χ3n) is 3.71. The van der Waals surface area contributed by atoms with Crippen molar-refractivity contribution in [2.75, 3.05) is 6.79 Å². The minimum atomic E-state index is -0.374. The van der Waals surface area contributed by atoms with Gasteiger partial charge in [-0.1, -0.05) is 17.7 Å². The average molecular weight is 331 g/mol. The Morgan fingerprint density at radius 3 is 2.87 bits per heavy atom. The van der Waals surface area contributed by atoms with Crippen LogP contribution < -0.4 is 4.74 Å². The van der Waals surface area contributed by atoms with Gasteiger partial charge in [0.15, 0.2) is 6.79 Å². The number of ether oxygens (including phenoxy) is 2. The number of hydrogen-bond acceptors (Lipinski definition) is 5. The van der Waals surface area contributed by atoms with E-state index in [9.17, 15) is 10.1 Å². The molecule has 2 aromatic carbocycles. The van der Waals surface area contributed by atoms with Gasteiger partial charge in [0.25, 0.3) is 5.69 Å². The summed E-state index contributed by atoms with van der Waals surface area (Å²) in [5, 5.41) is 11.1. The van der Waals surface area contributed by atoms with Crippen LogP contribution in [-0.2, 0) is 17.1 Å². The van der Waals surface area contributed by atoms with E-state index in [4.69, 9.17) is 9.47 Å². The van der Waals surface area contributed by atoms with Gasteiger partial charge in [-0.2, -0.15) is 0 Å². The van der Waals surface area contributed by atoms with E-state index in [1.807, 2.05) is 0 Å². The van der Waals surface area contributed by atoms with Crippen molar-refractivity contribution in [2.24, 2.45) is 0 Å². The fourth-order valence-electron chi connectivity index (χ4n) is 2.51. The topological polar surface area (TPSA) is 61.6 Å². The number of non-ortho nitro benzene ring substituents is 1. The summed E-state index contributed by atoms with van der Waals surface area (Å²) in [6.45, 7) is 4.65. The third-order valence-corrected chi connectivity index (χ3v) is 4.92. The standard InChI is InChI=1S/C17H17NO4S/c1-11-3-4-12(2)16(5-11)23-9-14-7-15(18(19)20)6-13-8-21-10-22-17(13)14/h3-7H,8-10H2,1-2H3. The van der Waals surface area contributed by atoms with E-state index in [2.05, 4.69) is 32.0 Å². The van der Waals surface area contributed by atoms with Gasteiger partial charge in [0.2, 0.25) is 0 Å². The molecule has 2 aromatic rings. The molecule has 6 heteroatoms. The van der Waals surface area contributed by atoms with Crippen LogP contribution in [0.4, 0.5) is 5.69 Å². The number of rotatable bonds is 4. The molecule has 3 rings (SSSR count). The van der Waals surface area contributed by atoms with Crippen LogP contribution in [0.25, 0.3) is 0 Å². The molecule has 120 valence electrons. The second-order valence-electron chi connectivity index (χ2n) is 5.52. The van der Waals surface area contributed by atoms with Crippen molar-refractivity contribution in [1.82, 2.24) is 0 Å². The number of fused-ring (bicyclic) bond motifs is 1. The van der Waals surface area contributed by atoms with Gasteiger partial charge in [0.1, 0.15) is 5.75 Å². The van der Waals surface area contributed by atoms with Gasteiger partial charge in [-0.05, 0) is 25.5 Å². The van der Waals surface area contributed by atoms with Gasteiger partial charge in [0, 0.05) is 33.9 Å². The molecule has 23 heavy (non-hydrogen) atoms. The predicted octanol–water partition coefficient (Wildman–Crippen LogP) is 4.37. The highest BCUT2D eigenvalue weighted by Crippen LogP contribution is 2.37. The lowest BCUT2D eigenvalue weighted by molar-refractivity contribution is -0.385. The van der Waals surface area contributed by atoms with Gasteiger partial charge in [0.05, 0.1) is 11.5 Å². The Morgan fingerprint density at radius 2 is 2.09 bits per heavy atom. The van der Waals surface area contributed by atoms with Crippen LogP contribution in [0, 0.1) is 24.0 Å². The lowest BCUT2D eigenvalue weighted by Gasteiger charge is -2.20. The summed E-state index contributed by atoms with van der Waals surface area (Å²) < 4.78 is 10.8. The summed E-state index contributed by atoms with van der Waals surface area (Å²) >= 11 is 1.66. The highest BCUT2D eigenvalue weighted by Gasteiger charge is 2.21. The molecule has 0 saturated heterocycles. The maximum Gasteiger partial charge on any atom is 0.270 e. The first-order valence-corrected chi connectivity index (χ1v) is 8.24. The van der Waals surface area contributed by atoms with Crippen molar-refractivity contribution < 1.29 is 14.4 Å². The zero-order valence-electron chi connectivity index (χ0n) is 13.0. The maximum absolute atomic E-state index is 11.1. The van der Waals surface area contributed by atoms with Crippen LogP contribution >= 0.6 is 11.8 Å². The second kappa shape index (κ2) is 6.60. The Balaban J connectivity index is 1.91. The summed E-state index contributed by atoms with van der Waals surface area (Å²) in [6.07, 6.45) is 0. The lowest BCUT2D eigenvalue weighted by Crippen LogP contribution is -2.13. The van der Waals surface area contributed by atoms with Gasteiger partial charge in [-0.25, -0.2) is 0 Å². The van der Waals surface area contributed by atoms with Gasteiger partial charge >= 0.3 is 0 Å². The Bertz CT molecular complexity index is 760. The molecule has 0 radical (unpaired) electrons. The zero-order valence-corrected chi connectivity index (χ0v) is 13.8. The molecule has 0 aliphatic carbocycles. The Kier molecular flexibility index (Phi) is 4.54. The van der Waals surface area contributed by atoms with Crippen LogP contribution in [0.2, 0.25) is 0 Å². The molecule has 5 nitrogen and oxygen atoms in total. The number of hydrogen-bond donors (Lipinski definition) is 0. The maximum atomic E-state index is 11.1. The summed E-state index contributed by atoms with van der Waals surface area (Å²) in [5.41, 5.74) is 4.05. The predicted molar refractivity (Wildman–Crippen MR) is 88.9 cm³/mol. The van der Waals surface area contributed by atoms with E-state index in [1.165, 1.54) is 22.1 Å². The monoisotopic (exact) mass is 331 g/mol. The van der Waals surface area contributed by atoms with E-state index >= 15 is 0 Å². The molecule has 0 unspecified atom stereocenters. The second-order valence-corrected chi connectivity index (χ2v) is 6.54. The number of thioether (sulfide) groups is 1. The van der Waals surface area contributed by atoms with Gasteiger partial charge < -0.3 is 9.47 Å². The smallest absolute Gasteiger partial charge is 0.270 e. The zero-order chi connectivity index (χ0) is 16.4. The summed E-state index contributed by atoms with van der Waals surface area (Å²) in [6, 6.07) is 9.43. The minimum absolute atomic E-state index is 0.0782. The Hall–Kier alpha value is -2.05. The molecule has 1 aliphatic heterocycles. The van der Waals surface area contributed by atoms with Crippen molar-refractivity contribution in [1.29, 1.82) is 0 Å². The Labute approximate surface area is 138 Å². The van der Waals surface area contributed by atoms with Crippen molar-refractivity contribution in [3.05, 3.63) is 62.7 Å². The van der Waals surface area contributed by atoms with Crippen LogP contribution in [0.1, 0.15) is 22.3 Å². The van der Waals surface area contributed by atoms with Crippen molar-refractivity contribution in [3.63, 3.8) is 0 Å². The molecule has 1 heterocycles. The molecule has 0 fully saturated rings. The average Bonchev–Trinajstić information content (AvgIpc) is 2.55. The number of nitro groups is 1. The number of nitro benzene ring substituents is 1. The van der Waals surface area contributed by atoms with E-state index in [1.54, 1.807) is 17.8 Å². The molecule has 0 bridgehead atoms. The molecule has 1 aliphatic rings. The summed E-state index contributed by atoms with van der Waals surface area (Å²) in [5.74, 6) is 1.34. The first kappa shape index (κ1) is 15.8. The quantitative estimate of drug-likeness (QED) is 0.473. The minimum Gasteiger partial charge on any atom is -0.467 e. The van der Waals surface area contributed by atoms with Crippen molar-refractivity contribution >= 4 is 17.4 Å². The Morgan fingerprint density at radius 1 is 1.26 bits per heavy atom. The normalized spacial score (nSPS) is 13.3. The molecular formula is C17H17NO4S. The molecular weight excluding hydrogens is 314 g/mol. The van der Waals surface area contributed by atoms with E-state index in [0.29, 0.717) is 12.4 Å². The molecule has 0 saturated carbocycles.